The van der Waals surface area contributed by atoms with Gasteiger partial charge in [0, 0.05) is 25.8 Å². The molecule has 0 radical (unpaired) electrons. The highest BCUT2D eigenvalue weighted by Crippen LogP contribution is 2.22. The largest absolute Gasteiger partial charge is 0.336 e. The number of amides is 1. The lowest BCUT2D eigenvalue weighted by Crippen LogP contribution is -2.41. The van der Waals surface area contributed by atoms with Crippen LogP contribution in [0.5, 0.6) is 0 Å². The average Bonchev–Trinajstić information content (AvgIpc) is 2.68. The summed E-state index contributed by atoms with van der Waals surface area (Å²) < 4.78 is 1.65. The Bertz CT molecular complexity index is 540. The summed E-state index contributed by atoms with van der Waals surface area (Å²) in [6, 6.07) is 0.196. The predicted octanol–water partition coefficient (Wildman–Crippen LogP) is 2.40. The first-order chi connectivity index (χ1) is 9.93. The van der Waals surface area contributed by atoms with Gasteiger partial charge in [0.15, 0.2) is 0 Å². The van der Waals surface area contributed by atoms with E-state index in [-0.39, 0.29) is 6.04 Å². The van der Waals surface area contributed by atoms with Gasteiger partial charge >= 0.3 is 0 Å². The maximum absolute atomic E-state index is 12.5. The van der Waals surface area contributed by atoms with Crippen LogP contribution in [-0.4, -0.2) is 39.5 Å². The van der Waals surface area contributed by atoms with Crippen molar-refractivity contribution in [2.24, 2.45) is 7.05 Å². The Labute approximate surface area is 126 Å². The number of ketones is 1. The van der Waals surface area contributed by atoms with Gasteiger partial charge in [-0.25, -0.2) is 0 Å². The van der Waals surface area contributed by atoms with Gasteiger partial charge < -0.3 is 4.90 Å². The van der Waals surface area contributed by atoms with Crippen LogP contribution < -0.4 is 0 Å². The number of nitrogens with zero attached hydrogens (tertiary/aromatic N) is 3. The molecule has 5 nitrogen and oxygen atoms in total. The summed E-state index contributed by atoms with van der Waals surface area (Å²) >= 11 is 0. The summed E-state index contributed by atoms with van der Waals surface area (Å²) in [7, 11) is 3.55. The van der Waals surface area contributed by atoms with E-state index in [4.69, 9.17) is 0 Å². The number of hydrogen-bond donors (Lipinski definition) is 0. The monoisotopic (exact) mass is 291 g/mol. The Kier molecular flexibility index (Phi) is 4.80. The number of rotatable bonds is 3. The fourth-order valence-corrected chi connectivity index (χ4v) is 3.18. The third-order valence-corrected chi connectivity index (χ3v) is 4.62. The molecule has 1 aliphatic rings. The number of hydrogen-bond acceptors (Lipinski definition) is 3. The van der Waals surface area contributed by atoms with E-state index < -0.39 is 11.7 Å². The fraction of sp³-hybridized carbons (Fsp3) is 0.688. The average molecular weight is 291 g/mol. The van der Waals surface area contributed by atoms with E-state index in [1.165, 1.54) is 12.8 Å². The molecule has 0 saturated heterocycles. The topological polar surface area (TPSA) is 55.2 Å². The van der Waals surface area contributed by atoms with Crippen molar-refractivity contribution in [3.05, 3.63) is 17.0 Å². The zero-order chi connectivity index (χ0) is 15.6. The normalized spacial score (nSPS) is 16.6. The Hall–Kier alpha value is -1.65. The summed E-state index contributed by atoms with van der Waals surface area (Å²) in [6.07, 6.45) is 6.74. The second-order valence-corrected chi connectivity index (χ2v) is 6.06. The quantitative estimate of drug-likeness (QED) is 0.488. The van der Waals surface area contributed by atoms with Gasteiger partial charge in [-0.15, -0.1) is 0 Å². The maximum atomic E-state index is 12.5. The summed E-state index contributed by atoms with van der Waals surface area (Å²) in [5.41, 5.74) is 1.84. The van der Waals surface area contributed by atoms with E-state index >= 15 is 0 Å². The Morgan fingerprint density at radius 3 is 2.19 bits per heavy atom. The third kappa shape index (κ3) is 3.17. The van der Waals surface area contributed by atoms with E-state index in [1.54, 1.807) is 30.6 Å². The molecule has 1 heterocycles. The molecule has 1 aliphatic carbocycles. The second-order valence-electron chi connectivity index (χ2n) is 6.06. The van der Waals surface area contributed by atoms with Crippen LogP contribution in [0.4, 0.5) is 0 Å². The van der Waals surface area contributed by atoms with Crippen molar-refractivity contribution in [2.45, 2.75) is 58.4 Å². The summed E-state index contributed by atoms with van der Waals surface area (Å²) in [6.45, 7) is 3.60. The highest BCUT2D eigenvalue weighted by Gasteiger charge is 2.30. The van der Waals surface area contributed by atoms with Crippen LogP contribution in [0.15, 0.2) is 0 Å². The molecule has 21 heavy (non-hydrogen) atoms. The van der Waals surface area contributed by atoms with Crippen LogP contribution in [0.1, 0.15) is 60.3 Å². The molecular weight excluding hydrogens is 266 g/mol. The summed E-state index contributed by atoms with van der Waals surface area (Å²) in [5.74, 6) is -0.828. The van der Waals surface area contributed by atoms with E-state index in [0.717, 1.165) is 31.4 Å². The molecule has 0 spiro atoms. The Morgan fingerprint density at radius 1 is 1.14 bits per heavy atom. The van der Waals surface area contributed by atoms with Crippen molar-refractivity contribution in [3.8, 4) is 0 Å². The molecule has 0 aliphatic heterocycles. The Morgan fingerprint density at radius 2 is 1.71 bits per heavy atom. The van der Waals surface area contributed by atoms with Gasteiger partial charge in [0.05, 0.1) is 11.3 Å². The van der Waals surface area contributed by atoms with Crippen molar-refractivity contribution in [2.75, 3.05) is 7.05 Å². The lowest BCUT2D eigenvalue weighted by atomic mass is 10.0. The molecule has 1 aromatic rings. The molecule has 5 heteroatoms. The molecule has 0 N–H and O–H groups in total. The van der Waals surface area contributed by atoms with Crippen molar-refractivity contribution in [1.82, 2.24) is 14.7 Å². The van der Waals surface area contributed by atoms with Gasteiger partial charge in [-0.1, -0.05) is 25.7 Å². The standard InChI is InChI=1S/C16H25N3O2/c1-11-14(12(2)19(4)17-11)15(20)16(21)18(3)13-9-7-5-6-8-10-13/h13H,5-10H2,1-4H3. The third-order valence-electron chi connectivity index (χ3n) is 4.62. The van der Waals surface area contributed by atoms with Gasteiger partial charge in [0.2, 0.25) is 0 Å². The lowest BCUT2D eigenvalue weighted by Gasteiger charge is -2.26. The minimum atomic E-state index is -0.426. The van der Waals surface area contributed by atoms with Crippen LogP contribution in [0.2, 0.25) is 0 Å². The van der Waals surface area contributed by atoms with Gasteiger partial charge in [-0.3, -0.25) is 14.3 Å². The van der Waals surface area contributed by atoms with Crippen LogP contribution in [0.3, 0.4) is 0 Å². The van der Waals surface area contributed by atoms with Crippen LogP contribution >= 0.6 is 0 Å². The van der Waals surface area contributed by atoms with Crippen molar-refractivity contribution in [1.29, 1.82) is 0 Å². The second kappa shape index (κ2) is 6.41. The molecule has 1 aromatic heterocycles. The first-order valence-electron chi connectivity index (χ1n) is 7.75. The van der Waals surface area contributed by atoms with Gasteiger partial charge in [-0.2, -0.15) is 5.10 Å². The molecular formula is C16H25N3O2. The molecule has 116 valence electrons. The van der Waals surface area contributed by atoms with Crippen molar-refractivity contribution >= 4 is 11.7 Å². The zero-order valence-electron chi connectivity index (χ0n) is 13.5. The fourth-order valence-electron chi connectivity index (χ4n) is 3.18. The molecule has 1 fully saturated rings. The highest BCUT2D eigenvalue weighted by atomic mass is 16.2. The van der Waals surface area contributed by atoms with Gasteiger partial charge in [0.25, 0.3) is 11.7 Å². The summed E-state index contributed by atoms with van der Waals surface area (Å²) in [4.78, 5) is 26.7. The molecule has 0 atom stereocenters. The van der Waals surface area contributed by atoms with Gasteiger partial charge in [0.1, 0.15) is 0 Å². The number of Topliss-reactive ketones (excluding diaryl/α,β-unsaturated/α-hetero) is 1. The molecule has 0 aromatic carbocycles. The van der Waals surface area contributed by atoms with Gasteiger partial charge in [-0.05, 0) is 26.7 Å². The zero-order valence-corrected chi connectivity index (χ0v) is 13.5. The van der Waals surface area contributed by atoms with Crippen molar-refractivity contribution in [3.63, 3.8) is 0 Å². The first kappa shape index (κ1) is 15.7. The number of likely N-dealkylation sites (N-methyl/N-ethyl adjacent to an activating group) is 1. The molecule has 0 unspecified atom stereocenters. The highest BCUT2D eigenvalue weighted by molar-refractivity contribution is 6.43. The SMILES string of the molecule is Cc1nn(C)c(C)c1C(=O)C(=O)N(C)C1CCCCCC1. The van der Waals surface area contributed by atoms with Crippen LogP contribution in [-0.2, 0) is 11.8 Å². The Balaban J connectivity index is 2.16. The van der Waals surface area contributed by atoms with E-state index in [0.29, 0.717) is 11.3 Å². The van der Waals surface area contributed by atoms with E-state index in [2.05, 4.69) is 5.10 Å². The molecule has 0 bridgehead atoms. The number of carbonyl (C=O) groups is 2. The minimum absolute atomic E-state index is 0.196. The number of carbonyl (C=O) groups excluding carboxylic acids is 2. The smallest absolute Gasteiger partial charge is 0.295 e. The number of aromatic nitrogens is 2. The maximum Gasteiger partial charge on any atom is 0.295 e. The first-order valence-corrected chi connectivity index (χ1v) is 7.75. The minimum Gasteiger partial charge on any atom is -0.336 e. The summed E-state index contributed by atoms with van der Waals surface area (Å²) in [5, 5.41) is 4.23. The molecule has 1 amide bonds. The van der Waals surface area contributed by atoms with E-state index in [1.807, 2.05) is 6.92 Å². The predicted molar refractivity (Wildman–Crippen MR) is 81.3 cm³/mol. The molecule has 1 saturated carbocycles. The number of aryl methyl sites for hydroxylation is 2. The van der Waals surface area contributed by atoms with Crippen molar-refractivity contribution < 1.29 is 9.59 Å². The lowest BCUT2D eigenvalue weighted by molar-refractivity contribution is -0.127. The van der Waals surface area contributed by atoms with E-state index in [9.17, 15) is 9.59 Å². The molecule has 2 rings (SSSR count). The van der Waals surface area contributed by atoms with Crippen LogP contribution in [0.25, 0.3) is 0 Å². The van der Waals surface area contributed by atoms with Crippen LogP contribution in [0, 0.1) is 13.8 Å².